The molecule has 1 unspecified atom stereocenters. The van der Waals surface area contributed by atoms with E-state index in [1.54, 1.807) is 0 Å². The normalized spacial score (nSPS) is 13.1. The number of carbonyl (C=O) groups excluding carboxylic acids is 1. The monoisotopic (exact) mass is 276 g/mol. The van der Waals surface area contributed by atoms with E-state index in [-0.39, 0.29) is 6.10 Å². The van der Waals surface area contributed by atoms with E-state index in [4.69, 9.17) is 9.62 Å². The zero-order valence-corrected chi connectivity index (χ0v) is 12.9. The Morgan fingerprint density at radius 1 is 1.16 bits per heavy atom. The highest BCUT2D eigenvalue weighted by Crippen LogP contribution is 2.15. The molecule has 0 radical (unpaired) electrons. The molecule has 0 aliphatic carbocycles. The van der Waals surface area contributed by atoms with Gasteiger partial charge >= 0.3 is 6.16 Å². The van der Waals surface area contributed by atoms with Crippen molar-refractivity contribution in [3.63, 3.8) is 0 Å². The summed E-state index contributed by atoms with van der Waals surface area (Å²) < 4.78 is 5.13. The first kappa shape index (κ1) is 18.2. The van der Waals surface area contributed by atoms with E-state index >= 15 is 0 Å². The Hall–Kier alpha value is -0.810. The smallest absolute Gasteiger partial charge is 0.429 e. The maximum Gasteiger partial charge on any atom is 0.542 e. The van der Waals surface area contributed by atoms with E-state index in [0.29, 0.717) is 0 Å². The SMILES string of the molecule is CCCCCC(CC)OC(=O)OOOC(C)(C)CC. The molecule has 0 aliphatic rings. The second kappa shape index (κ2) is 10.0. The van der Waals surface area contributed by atoms with Crippen LogP contribution in [0.5, 0.6) is 0 Å². The molecule has 19 heavy (non-hydrogen) atoms. The molecule has 0 rings (SSSR count). The lowest BCUT2D eigenvalue weighted by atomic mass is 10.1. The first-order valence-electron chi connectivity index (χ1n) is 7.18. The van der Waals surface area contributed by atoms with Gasteiger partial charge in [-0.25, -0.2) is 9.68 Å². The van der Waals surface area contributed by atoms with E-state index in [2.05, 4.69) is 16.8 Å². The Balaban J connectivity index is 3.81. The average Bonchev–Trinajstić information content (AvgIpc) is 2.37. The van der Waals surface area contributed by atoms with Crippen LogP contribution >= 0.6 is 0 Å². The van der Waals surface area contributed by atoms with Crippen LogP contribution in [0.15, 0.2) is 0 Å². The Morgan fingerprint density at radius 3 is 2.37 bits per heavy atom. The summed E-state index contributed by atoms with van der Waals surface area (Å²) in [5.74, 6) is 0. The molecule has 0 aromatic rings. The van der Waals surface area contributed by atoms with Crippen molar-refractivity contribution in [1.82, 2.24) is 0 Å². The minimum absolute atomic E-state index is 0.123. The molecule has 0 amide bonds. The van der Waals surface area contributed by atoms with Gasteiger partial charge in [0.25, 0.3) is 0 Å². The van der Waals surface area contributed by atoms with E-state index in [1.807, 2.05) is 27.7 Å². The number of carbonyl (C=O) groups is 1. The molecule has 0 saturated heterocycles. The number of unbranched alkanes of at least 4 members (excludes halogenated alkanes) is 2. The van der Waals surface area contributed by atoms with Gasteiger partial charge in [0, 0.05) is 0 Å². The zero-order valence-electron chi connectivity index (χ0n) is 12.9. The number of ether oxygens (including phenoxy) is 1. The van der Waals surface area contributed by atoms with Crippen LogP contribution in [0.1, 0.15) is 73.1 Å². The summed E-state index contributed by atoms with van der Waals surface area (Å²) >= 11 is 0. The van der Waals surface area contributed by atoms with E-state index < -0.39 is 11.8 Å². The molecule has 0 N–H and O–H groups in total. The van der Waals surface area contributed by atoms with Crippen LogP contribution in [0.25, 0.3) is 0 Å². The molecule has 5 heteroatoms. The minimum Gasteiger partial charge on any atom is -0.429 e. The van der Waals surface area contributed by atoms with Crippen molar-refractivity contribution in [2.45, 2.75) is 84.8 Å². The third-order valence-electron chi connectivity index (χ3n) is 3.06. The van der Waals surface area contributed by atoms with Crippen molar-refractivity contribution in [3.8, 4) is 0 Å². The van der Waals surface area contributed by atoms with Crippen LogP contribution in [-0.4, -0.2) is 17.9 Å². The Labute approximate surface area is 116 Å². The molecule has 5 nitrogen and oxygen atoms in total. The summed E-state index contributed by atoms with van der Waals surface area (Å²) in [4.78, 5) is 20.7. The number of hydrogen-bond donors (Lipinski definition) is 0. The van der Waals surface area contributed by atoms with E-state index in [9.17, 15) is 4.79 Å². The second-order valence-corrected chi connectivity index (χ2v) is 5.24. The van der Waals surface area contributed by atoms with Gasteiger partial charge in [-0.2, -0.15) is 4.89 Å². The Bertz CT molecular complexity index is 240. The van der Waals surface area contributed by atoms with Gasteiger partial charge in [-0.05, 0) is 44.6 Å². The molecule has 0 spiro atoms. The highest BCUT2D eigenvalue weighted by molar-refractivity contribution is 5.59. The first-order chi connectivity index (χ1) is 8.95. The van der Waals surface area contributed by atoms with Gasteiger partial charge in [0.2, 0.25) is 0 Å². The average molecular weight is 276 g/mol. The lowest BCUT2D eigenvalue weighted by Crippen LogP contribution is -2.25. The van der Waals surface area contributed by atoms with E-state index in [1.165, 1.54) is 0 Å². The van der Waals surface area contributed by atoms with Crippen molar-refractivity contribution in [3.05, 3.63) is 0 Å². The van der Waals surface area contributed by atoms with Crippen molar-refractivity contribution in [2.24, 2.45) is 0 Å². The minimum atomic E-state index is -0.852. The van der Waals surface area contributed by atoms with Crippen LogP contribution in [0.4, 0.5) is 4.79 Å². The van der Waals surface area contributed by atoms with Gasteiger partial charge in [-0.1, -0.05) is 33.6 Å². The van der Waals surface area contributed by atoms with Gasteiger partial charge in [0.15, 0.2) is 0 Å². The third-order valence-corrected chi connectivity index (χ3v) is 3.06. The van der Waals surface area contributed by atoms with Gasteiger partial charge < -0.3 is 4.74 Å². The molecule has 0 aromatic heterocycles. The first-order valence-corrected chi connectivity index (χ1v) is 7.18. The summed E-state index contributed by atoms with van der Waals surface area (Å²) in [6.45, 7) is 9.73. The fourth-order valence-corrected chi connectivity index (χ4v) is 1.32. The van der Waals surface area contributed by atoms with Gasteiger partial charge in [0.1, 0.15) is 11.7 Å². The molecule has 0 fully saturated rings. The molecule has 0 aliphatic heterocycles. The summed E-state index contributed by atoms with van der Waals surface area (Å²) in [6, 6.07) is 0. The zero-order chi connectivity index (χ0) is 14.7. The summed E-state index contributed by atoms with van der Waals surface area (Å²) in [6.07, 6.45) is 4.70. The summed E-state index contributed by atoms with van der Waals surface area (Å²) in [7, 11) is 0. The lowest BCUT2D eigenvalue weighted by molar-refractivity contribution is -0.517. The Morgan fingerprint density at radius 2 is 1.84 bits per heavy atom. The van der Waals surface area contributed by atoms with Crippen LogP contribution in [0, 0.1) is 0 Å². The standard InChI is InChI=1S/C14H28O5/c1-6-9-10-11-12(7-2)16-13(15)17-19-18-14(4,5)8-3/h12H,6-11H2,1-5H3. The predicted octanol–water partition coefficient (Wildman–Crippen LogP) is 4.55. The van der Waals surface area contributed by atoms with E-state index in [0.717, 1.165) is 38.5 Å². The van der Waals surface area contributed by atoms with Crippen LogP contribution in [-0.2, 0) is 19.6 Å². The van der Waals surface area contributed by atoms with Gasteiger partial charge in [0.05, 0.1) is 0 Å². The third kappa shape index (κ3) is 9.73. The molecule has 1 atom stereocenters. The number of rotatable bonds is 10. The maximum absolute atomic E-state index is 11.4. The van der Waals surface area contributed by atoms with Gasteiger partial charge in [-0.3, -0.25) is 0 Å². The number of hydrogen-bond acceptors (Lipinski definition) is 5. The lowest BCUT2D eigenvalue weighted by Gasteiger charge is -2.20. The molecule has 0 saturated carbocycles. The molecule has 0 bridgehead atoms. The molecule has 0 aromatic carbocycles. The molecular formula is C14H28O5. The quantitative estimate of drug-likeness (QED) is 0.253. The summed E-state index contributed by atoms with van der Waals surface area (Å²) in [5.41, 5.74) is -0.494. The second-order valence-electron chi connectivity index (χ2n) is 5.24. The fraction of sp³-hybridized carbons (Fsp3) is 0.929. The van der Waals surface area contributed by atoms with Crippen LogP contribution < -0.4 is 0 Å². The van der Waals surface area contributed by atoms with Crippen molar-refractivity contribution >= 4 is 6.16 Å². The topological polar surface area (TPSA) is 54.0 Å². The molecular weight excluding hydrogens is 248 g/mol. The predicted molar refractivity (Wildman–Crippen MR) is 72.3 cm³/mol. The molecule has 114 valence electrons. The largest absolute Gasteiger partial charge is 0.542 e. The van der Waals surface area contributed by atoms with Crippen molar-refractivity contribution in [2.75, 3.05) is 0 Å². The Kier molecular flexibility index (Phi) is 9.61. The van der Waals surface area contributed by atoms with Crippen molar-refractivity contribution in [1.29, 1.82) is 0 Å². The van der Waals surface area contributed by atoms with Crippen LogP contribution in [0.3, 0.4) is 0 Å². The highest BCUT2D eigenvalue weighted by Gasteiger charge is 2.20. The maximum atomic E-state index is 11.4. The van der Waals surface area contributed by atoms with Gasteiger partial charge in [-0.15, -0.1) is 0 Å². The fourth-order valence-electron chi connectivity index (χ4n) is 1.32. The molecule has 0 heterocycles. The highest BCUT2D eigenvalue weighted by atomic mass is 17.5. The van der Waals surface area contributed by atoms with Crippen molar-refractivity contribution < 1.29 is 24.3 Å². The summed E-state index contributed by atoms with van der Waals surface area (Å²) in [5, 5.41) is 4.45. The van der Waals surface area contributed by atoms with Crippen LogP contribution in [0.2, 0.25) is 0 Å².